The van der Waals surface area contributed by atoms with E-state index in [1.54, 1.807) is 16.5 Å². The molecule has 2 aromatic rings. The summed E-state index contributed by atoms with van der Waals surface area (Å²) >= 11 is 6.26. The highest BCUT2D eigenvalue weighted by Crippen LogP contribution is 2.26. The van der Waals surface area contributed by atoms with Gasteiger partial charge in [0.2, 0.25) is 11.8 Å². The van der Waals surface area contributed by atoms with E-state index in [1.807, 2.05) is 25.2 Å². The van der Waals surface area contributed by atoms with Crippen molar-refractivity contribution in [3.05, 3.63) is 28.9 Å². The van der Waals surface area contributed by atoms with Crippen molar-refractivity contribution in [3.63, 3.8) is 0 Å². The largest absolute Gasteiger partial charge is 0.349 e. The van der Waals surface area contributed by atoms with Crippen LogP contribution in [0.1, 0.15) is 25.5 Å². The summed E-state index contributed by atoms with van der Waals surface area (Å²) in [7, 11) is 1.84. The lowest BCUT2D eigenvalue weighted by Crippen LogP contribution is -2.45. The Hall–Kier alpha value is -2.08. The average Bonchev–Trinajstić information content (AvgIpc) is 3.09. The molecule has 1 fully saturated rings. The fourth-order valence-corrected chi connectivity index (χ4v) is 3.29. The van der Waals surface area contributed by atoms with Crippen LogP contribution in [0, 0.1) is 0 Å². The van der Waals surface area contributed by atoms with Crippen LogP contribution >= 0.6 is 11.6 Å². The first-order valence-corrected chi connectivity index (χ1v) is 8.04. The number of hydrogen-bond acceptors (Lipinski definition) is 3. The van der Waals surface area contributed by atoms with E-state index < -0.39 is 6.04 Å². The van der Waals surface area contributed by atoms with Crippen LogP contribution in [0.25, 0.3) is 10.9 Å². The van der Waals surface area contributed by atoms with Gasteiger partial charge in [0.1, 0.15) is 6.04 Å². The van der Waals surface area contributed by atoms with E-state index in [-0.39, 0.29) is 18.4 Å². The molecule has 1 aliphatic heterocycles. The Balaban J connectivity index is 1.73. The van der Waals surface area contributed by atoms with E-state index in [2.05, 4.69) is 10.4 Å². The molecule has 3 rings (SSSR count). The number of rotatable bonds is 4. The van der Waals surface area contributed by atoms with Crippen LogP contribution in [-0.4, -0.2) is 39.1 Å². The summed E-state index contributed by atoms with van der Waals surface area (Å²) in [5, 5.41) is 8.76. The first kappa shape index (κ1) is 15.8. The SMILES string of the molecule is C[C@@H](C(=O)NCc1nn(C)c2cccc(Cl)c12)N1CCCC1=O. The van der Waals surface area contributed by atoms with Gasteiger partial charge in [-0.1, -0.05) is 17.7 Å². The van der Waals surface area contributed by atoms with Crippen molar-refractivity contribution in [1.82, 2.24) is 20.0 Å². The molecule has 0 bridgehead atoms. The molecule has 1 atom stereocenters. The van der Waals surface area contributed by atoms with E-state index in [9.17, 15) is 9.59 Å². The Morgan fingerprint density at radius 3 is 2.96 bits per heavy atom. The number of fused-ring (bicyclic) bond motifs is 1. The minimum atomic E-state index is -0.463. The number of aryl methyl sites for hydroxylation is 1. The lowest BCUT2D eigenvalue weighted by atomic mass is 10.2. The Kier molecular flexibility index (Phi) is 4.26. The third kappa shape index (κ3) is 2.91. The number of hydrogen-bond donors (Lipinski definition) is 1. The second-order valence-corrected chi connectivity index (χ2v) is 6.20. The zero-order valence-electron chi connectivity index (χ0n) is 13.2. The van der Waals surface area contributed by atoms with Crippen molar-refractivity contribution in [2.24, 2.45) is 7.05 Å². The van der Waals surface area contributed by atoms with Gasteiger partial charge in [0.15, 0.2) is 0 Å². The van der Waals surface area contributed by atoms with E-state index >= 15 is 0 Å². The van der Waals surface area contributed by atoms with Gasteiger partial charge in [0, 0.05) is 25.4 Å². The molecule has 1 aliphatic rings. The number of likely N-dealkylation sites (tertiary alicyclic amines) is 1. The summed E-state index contributed by atoms with van der Waals surface area (Å²) in [6, 6.07) is 5.15. The van der Waals surface area contributed by atoms with Crippen LogP contribution in [0.4, 0.5) is 0 Å². The molecule has 2 amide bonds. The summed E-state index contributed by atoms with van der Waals surface area (Å²) in [4.78, 5) is 25.7. The van der Waals surface area contributed by atoms with Gasteiger partial charge in [-0.25, -0.2) is 0 Å². The third-order valence-corrected chi connectivity index (χ3v) is 4.60. The number of carbonyl (C=O) groups excluding carboxylic acids is 2. The molecule has 1 aromatic carbocycles. The Bertz CT molecular complexity index is 771. The van der Waals surface area contributed by atoms with Crippen LogP contribution in [0.2, 0.25) is 5.02 Å². The minimum absolute atomic E-state index is 0.0407. The molecule has 1 saturated heterocycles. The molecular weight excluding hydrogens is 316 g/mol. The van der Waals surface area contributed by atoms with Crippen molar-refractivity contribution in [3.8, 4) is 0 Å². The quantitative estimate of drug-likeness (QED) is 0.928. The zero-order valence-corrected chi connectivity index (χ0v) is 13.9. The molecule has 1 aromatic heterocycles. The van der Waals surface area contributed by atoms with E-state index in [1.165, 1.54) is 0 Å². The number of amides is 2. The van der Waals surface area contributed by atoms with Crippen LogP contribution in [0.5, 0.6) is 0 Å². The molecule has 2 heterocycles. The highest BCUT2D eigenvalue weighted by molar-refractivity contribution is 6.35. The normalized spacial score (nSPS) is 16.1. The van der Waals surface area contributed by atoms with E-state index in [4.69, 9.17) is 11.6 Å². The van der Waals surface area contributed by atoms with Gasteiger partial charge >= 0.3 is 0 Å². The van der Waals surface area contributed by atoms with Crippen molar-refractivity contribution >= 4 is 34.3 Å². The minimum Gasteiger partial charge on any atom is -0.349 e. The summed E-state index contributed by atoms with van der Waals surface area (Å²) < 4.78 is 1.75. The molecule has 1 N–H and O–H groups in total. The summed E-state index contributed by atoms with van der Waals surface area (Å²) in [5.74, 6) is -0.134. The maximum absolute atomic E-state index is 12.3. The third-order valence-electron chi connectivity index (χ3n) is 4.29. The molecule has 0 unspecified atom stereocenters. The van der Waals surface area contributed by atoms with Crippen molar-refractivity contribution in [1.29, 1.82) is 0 Å². The first-order valence-electron chi connectivity index (χ1n) is 7.66. The average molecular weight is 335 g/mol. The maximum atomic E-state index is 12.3. The number of benzene rings is 1. The Labute approximate surface area is 139 Å². The number of carbonyl (C=O) groups is 2. The van der Waals surface area contributed by atoms with Crippen LogP contribution < -0.4 is 5.32 Å². The number of aromatic nitrogens is 2. The lowest BCUT2D eigenvalue weighted by molar-refractivity contribution is -0.136. The smallest absolute Gasteiger partial charge is 0.242 e. The first-order chi connectivity index (χ1) is 11.0. The zero-order chi connectivity index (χ0) is 16.6. The lowest BCUT2D eigenvalue weighted by Gasteiger charge is -2.23. The number of halogens is 1. The molecule has 23 heavy (non-hydrogen) atoms. The second kappa shape index (κ2) is 6.20. The standard InChI is InChI=1S/C16H19ClN4O2/c1-10(21-8-4-7-14(21)22)16(23)18-9-12-15-11(17)5-3-6-13(15)20(2)19-12/h3,5-6,10H,4,7-9H2,1-2H3,(H,18,23)/t10-/m0/s1. The predicted octanol–water partition coefficient (Wildman–Crippen LogP) is 1.85. The second-order valence-electron chi connectivity index (χ2n) is 5.79. The highest BCUT2D eigenvalue weighted by Gasteiger charge is 2.29. The fourth-order valence-electron chi connectivity index (χ4n) is 3.02. The highest BCUT2D eigenvalue weighted by atomic mass is 35.5. The van der Waals surface area contributed by atoms with Gasteiger partial charge < -0.3 is 10.2 Å². The molecule has 6 nitrogen and oxygen atoms in total. The van der Waals surface area contributed by atoms with Crippen LogP contribution in [0.15, 0.2) is 18.2 Å². The van der Waals surface area contributed by atoms with E-state index in [0.29, 0.717) is 18.0 Å². The molecule has 7 heteroatoms. The van der Waals surface area contributed by atoms with Gasteiger partial charge in [-0.15, -0.1) is 0 Å². The molecule has 0 aliphatic carbocycles. The molecular formula is C16H19ClN4O2. The molecule has 0 spiro atoms. The van der Waals surface area contributed by atoms with Gasteiger partial charge in [-0.3, -0.25) is 14.3 Å². The number of nitrogens with zero attached hydrogens (tertiary/aromatic N) is 3. The summed E-state index contributed by atoms with van der Waals surface area (Å²) in [5.41, 5.74) is 1.64. The van der Waals surface area contributed by atoms with Crippen LogP contribution in [-0.2, 0) is 23.2 Å². The predicted molar refractivity (Wildman–Crippen MR) is 88.0 cm³/mol. The Morgan fingerprint density at radius 1 is 1.48 bits per heavy atom. The summed E-state index contributed by atoms with van der Waals surface area (Å²) in [6.45, 7) is 2.68. The monoisotopic (exact) mass is 334 g/mol. The maximum Gasteiger partial charge on any atom is 0.242 e. The summed E-state index contributed by atoms with van der Waals surface area (Å²) in [6.07, 6.45) is 1.34. The molecule has 122 valence electrons. The molecule has 0 saturated carbocycles. The van der Waals surface area contributed by atoms with Crippen molar-refractivity contribution in [2.45, 2.75) is 32.4 Å². The Morgan fingerprint density at radius 2 is 2.26 bits per heavy atom. The number of nitrogens with one attached hydrogen (secondary N) is 1. The topological polar surface area (TPSA) is 67.2 Å². The van der Waals surface area contributed by atoms with Crippen molar-refractivity contribution in [2.75, 3.05) is 6.54 Å². The van der Waals surface area contributed by atoms with Gasteiger partial charge in [-0.05, 0) is 25.5 Å². The van der Waals surface area contributed by atoms with Gasteiger partial charge in [0.25, 0.3) is 0 Å². The van der Waals surface area contributed by atoms with Gasteiger partial charge in [-0.2, -0.15) is 5.10 Å². The van der Waals surface area contributed by atoms with Crippen LogP contribution in [0.3, 0.4) is 0 Å². The molecule has 0 radical (unpaired) electrons. The van der Waals surface area contributed by atoms with Crippen molar-refractivity contribution < 1.29 is 9.59 Å². The fraction of sp³-hybridized carbons (Fsp3) is 0.438. The van der Waals surface area contributed by atoms with Gasteiger partial charge in [0.05, 0.1) is 22.8 Å². The van der Waals surface area contributed by atoms with E-state index in [0.717, 1.165) is 23.0 Å².